The van der Waals surface area contributed by atoms with Crippen molar-refractivity contribution in [1.82, 2.24) is 0 Å². The van der Waals surface area contributed by atoms with Crippen LogP contribution in [-0.4, -0.2) is 12.0 Å². The highest BCUT2D eigenvalue weighted by molar-refractivity contribution is 6.02. The van der Waals surface area contributed by atoms with Crippen molar-refractivity contribution < 1.29 is 0 Å². The molecule has 0 unspecified atom stereocenters. The Hall–Kier alpha value is -2.81. The Bertz CT molecular complexity index is 852. The molecule has 0 radical (unpaired) electrons. The third-order valence-electron chi connectivity index (χ3n) is 4.40. The summed E-state index contributed by atoms with van der Waals surface area (Å²) in [6.07, 6.45) is 1.93. The summed E-state index contributed by atoms with van der Waals surface area (Å²) in [5, 5.41) is 5.61. The molecule has 3 N–H and O–H groups in total. The second-order valence-electron chi connectivity index (χ2n) is 6.00. The summed E-state index contributed by atoms with van der Waals surface area (Å²) in [4.78, 5) is 4.68. The number of fused-ring (bicyclic) bond motifs is 2. The topological polar surface area (TPSA) is 50.4 Å². The number of nitrogens with one attached hydrogen (secondary N) is 1. The van der Waals surface area contributed by atoms with Gasteiger partial charge in [-0.3, -0.25) is 0 Å². The first-order valence-corrected chi connectivity index (χ1v) is 7.94. The Morgan fingerprint density at radius 1 is 0.870 bits per heavy atom. The van der Waals surface area contributed by atoms with E-state index >= 15 is 0 Å². The van der Waals surface area contributed by atoms with Gasteiger partial charge in [0.1, 0.15) is 0 Å². The molecular formula is C20H19N3. The summed E-state index contributed by atoms with van der Waals surface area (Å²) >= 11 is 0. The lowest BCUT2D eigenvalue weighted by molar-refractivity contribution is 0.722. The molecule has 3 aromatic rings. The van der Waals surface area contributed by atoms with E-state index in [9.17, 15) is 0 Å². The van der Waals surface area contributed by atoms with E-state index in [0.29, 0.717) is 5.96 Å². The minimum atomic E-state index is 0.231. The molecule has 3 nitrogen and oxygen atoms in total. The highest BCUT2D eigenvalue weighted by Gasteiger charge is 2.20. The number of anilines is 1. The third-order valence-corrected chi connectivity index (χ3v) is 4.40. The minimum absolute atomic E-state index is 0.231. The normalized spacial score (nSPS) is 14.9. The van der Waals surface area contributed by atoms with E-state index in [4.69, 9.17) is 5.73 Å². The van der Waals surface area contributed by atoms with Crippen LogP contribution >= 0.6 is 0 Å². The lowest BCUT2D eigenvalue weighted by Gasteiger charge is -2.11. The predicted molar refractivity (Wildman–Crippen MR) is 96.8 cm³/mol. The lowest BCUT2D eigenvalue weighted by atomic mass is 10.1. The van der Waals surface area contributed by atoms with E-state index in [-0.39, 0.29) is 6.04 Å². The van der Waals surface area contributed by atoms with Gasteiger partial charge in [0, 0.05) is 11.1 Å². The standard InChI is InChI=1S/C20H19N3/c21-20(22-17-12-15-7-1-2-8-16(15)13-17)23-19-11-5-9-14-6-3-4-10-18(14)19/h1-11,17H,12-13H2,(H3,21,22,23). The zero-order valence-electron chi connectivity index (χ0n) is 12.9. The maximum absolute atomic E-state index is 6.15. The molecule has 0 atom stereocenters. The average Bonchev–Trinajstić information content (AvgIpc) is 2.97. The Morgan fingerprint density at radius 2 is 1.52 bits per heavy atom. The number of aliphatic imine (C=N–C) groups is 1. The number of benzene rings is 3. The molecule has 0 saturated carbocycles. The molecule has 23 heavy (non-hydrogen) atoms. The number of rotatable bonds is 2. The first-order valence-electron chi connectivity index (χ1n) is 7.94. The Labute approximate surface area is 135 Å². The molecule has 0 aliphatic heterocycles. The summed E-state index contributed by atoms with van der Waals surface area (Å²) in [5.41, 5.74) is 9.93. The number of nitrogens with zero attached hydrogens (tertiary/aromatic N) is 1. The molecule has 0 aromatic heterocycles. The quantitative estimate of drug-likeness (QED) is 0.559. The molecule has 1 aliphatic rings. The SMILES string of the molecule is NC(=NC1Cc2ccccc2C1)Nc1cccc2ccccc12. The smallest absolute Gasteiger partial charge is 0.193 e. The molecule has 4 rings (SSSR count). The van der Waals surface area contributed by atoms with E-state index in [1.165, 1.54) is 16.5 Å². The van der Waals surface area contributed by atoms with Gasteiger partial charge in [-0.1, -0.05) is 60.7 Å². The second kappa shape index (κ2) is 5.76. The van der Waals surface area contributed by atoms with Gasteiger partial charge in [-0.05, 0) is 35.4 Å². The Morgan fingerprint density at radius 3 is 2.30 bits per heavy atom. The monoisotopic (exact) mass is 301 g/mol. The zero-order chi connectivity index (χ0) is 15.6. The van der Waals surface area contributed by atoms with Gasteiger partial charge in [-0.25, -0.2) is 4.99 Å². The van der Waals surface area contributed by atoms with E-state index in [0.717, 1.165) is 23.9 Å². The van der Waals surface area contributed by atoms with Crippen molar-refractivity contribution in [3.63, 3.8) is 0 Å². The first-order chi connectivity index (χ1) is 11.3. The van der Waals surface area contributed by atoms with Gasteiger partial charge in [0.2, 0.25) is 0 Å². The van der Waals surface area contributed by atoms with Gasteiger partial charge in [0.05, 0.1) is 6.04 Å². The van der Waals surface area contributed by atoms with Crippen LogP contribution in [0.2, 0.25) is 0 Å². The second-order valence-corrected chi connectivity index (χ2v) is 6.00. The highest BCUT2D eigenvalue weighted by Crippen LogP contribution is 2.25. The van der Waals surface area contributed by atoms with Crippen molar-refractivity contribution in [2.45, 2.75) is 18.9 Å². The number of nitrogens with two attached hydrogens (primary N) is 1. The number of hydrogen-bond donors (Lipinski definition) is 2. The summed E-state index contributed by atoms with van der Waals surface area (Å²) in [7, 11) is 0. The molecule has 0 heterocycles. The highest BCUT2D eigenvalue weighted by atomic mass is 15.1. The van der Waals surface area contributed by atoms with Crippen molar-refractivity contribution in [2.24, 2.45) is 10.7 Å². The van der Waals surface area contributed by atoms with Gasteiger partial charge >= 0.3 is 0 Å². The number of hydrogen-bond acceptors (Lipinski definition) is 1. The van der Waals surface area contributed by atoms with E-state index in [1.54, 1.807) is 0 Å². The molecule has 0 fully saturated rings. The van der Waals surface area contributed by atoms with Gasteiger partial charge in [0.25, 0.3) is 0 Å². The van der Waals surface area contributed by atoms with E-state index in [2.05, 4.69) is 52.8 Å². The van der Waals surface area contributed by atoms with Crippen molar-refractivity contribution in [2.75, 3.05) is 5.32 Å². The van der Waals surface area contributed by atoms with Crippen LogP contribution in [0.3, 0.4) is 0 Å². The van der Waals surface area contributed by atoms with Crippen molar-refractivity contribution in [3.8, 4) is 0 Å². The van der Waals surface area contributed by atoms with Crippen LogP contribution < -0.4 is 11.1 Å². The minimum Gasteiger partial charge on any atom is -0.370 e. The number of guanidine groups is 1. The van der Waals surface area contributed by atoms with Crippen LogP contribution in [0.25, 0.3) is 10.8 Å². The Kier molecular flexibility index (Phi) is 3.46. The molecule has 3 aromatic carbocycles. The summed E-state index contributed by atoms with van der Waals surface area (Å²) in [5.74, 6) is 0.485. The molecule has 1 aliphatic carbocycles. The average molecular weight is 301 g/mol. The molecule has 0 bridgehead atoms. The molecule has 0 amide bonds. The van der Waals surface area contributed by atoms with Crippen LogP contribution in [0.5, 0.6) is 0 Å². The summed E-state index contributed by atoms with van der Waals surface area (Å²) in [6.45, 7) is 0. The van der Waals surface area contributed by atoms with Gasteiger partial charge in [-0.2, -0.15) is 0 Å². The molecule has 3 heteroatoms. The van der Waals surface area contributed by atoms with Crippen LogP contribution in [0.15, 0.2) is 71.7 Å². The van der Waals surface area contributed by atoms with Crippen LogP contribution in [0, 0.1) is 0 Å². The van der Waals surface area contributed by atoms with E-state index in [1.807, 2.05) is 24.3 Å². The summed E-state index contributed by atoms with van der Waals surface area (Å²) < 4.78 is 0. The molecule has 0 spiro atoms. The third kappa shape index (κ3) is 2.78. The predicted octanol–water partition coefficient (Wildman–Crippen LogP) is 3.73. The van der Waals surface area contributed by atoms with Crippen molar-refractivity contribution in [3.05, 3.63) is 77.9 Å². The summed E-state index contributed by atoms with van der Waals surface area (Å²) in [6, 6.07) is 23.2. The molecule has 0 saturated heterocycles. The fourth-order valence-electron chi connectivity index (χ4n) is 3.33. The maximum atomic E-state index is 6.15. The van der Waals surface area contributed by atoms with Crippen LogP contribution in [0.4, 0.5) is 5.69 Å². The molecular weight excluding hydrogens is 282 g/mol. The van der Waals surface area contributed by atoms with Gasteiger partial charge in [0.15, 0.2) is 5.96 Å². The molecule has 114 valence electrons. The van der Waals surface area contributed by atoms with E-state index < -0.39 is 0 Å². The van der Waals surface area contributed by atoms with Crippen LogP contribution in [0.1, 0.15) is 11.1 Å². The Balaban J connectivity index is 1.55. The van der Waals surface area contributed by atoms with Crippen molar-refractivity contribution >= 4 is 22.4 Å². The van der Waals surface area contributed by atoms with Gasteiger partial charge < -0.3 is 11.1 Å². The fraction of sp³-hybridized carbons (Fsp3) is 0.150. The van der Waals surface area contributed by atoms with Crippen LogP contribution in [-0.2, 0) is 12.8 Å². The zero-order valence-corrected chi connectivity index (χ0v) is 12.9. The van der Waals surface area contributed by atoms with Gasteiger partial charge in [-0.15, -0.1) is 0 Å². The first kappa shape index (κ1) is 13.8. The van der Waals surface area contributed by atoms with Crippen molar-refractivity contribution in [1.29, 1.82) is 0 Å². The largest absolute Gasteiger partial charge is 0.370 e. The lowest BCUT2D eigenvalue weighted by Crippen LogP contribution is -2.25. The fourth-order valence-corrected chi connectivity index (χ4v) is 3.33. The maximum Gasteiger partial charge on any atom is 0.193 e.